The van der Waals surface area contributed by atoms with Crippen molar-refractivity contribution in [1.82, 2.24) is 10.6 Å². The van der Waals surface area contributed by atoms with Gasteiger partial charge in [0.2, 0.25) is 5.91 Å². The molecule has 1 rings (SSSR count). The monoisotopic (exact) mass is 248 g/mol. The van der Waals surface area contributed by atoms with Gasteiger partial charge >= 0.3 is 0 Å². The fraction of sp³-hybridized carbons (Fsp3) is 0.917. The maximum Gasteiger partial charge on any atom is 0.219 e. The molecule has 1 saturated carbocycles. The van der Waals surface area contributed by atoms with E-state index in [0.29, 0.717) is 12.5 Å². The number of hydrogen-bond donors (Lipinski definition) is 2. The summed E-state index contributed by atoms with van der Waals surface area (Å²) in [5, 5.41) is 6.41. The van der Waals surface area contributed by atoms with E-state index in [1.54, 1.807) is 0 Å². The predicted molar refractivity (Wildman–Crippen MR) is 70.0 cm³/mol. The van der Waals surface area contributed by atoms with Crippen molar-refractivity contribution < 1.29 is 4.79 Å². The quantitative estimate of drug-likeness (QED) is 0.579. The average Bonchev–Trinajstić information content (AvgIpc) is 2.52. The Labute approximate surface area is 105 Å². The van der Waals surface area contributed by atoms with Crippen molar-refractivity contribution in [2.45, 2.75) is 57.9 Å². The highest BCUT2D eigenvalue weighted by molar-refractivity contribution is 5.85. The van der Waals surface area contributed by atoms with Crippen LogP contribution in [0.25, 0.3) is 0 Å². The minimum atomic E-state index is 0. The van der Waals surface area contributed by atoms with Crippen molar-refractivity contribution in [1.29, 1.82) is 0 Å². The molecule has 0 aliphatic heterocycles. The average molecular weight is 249 g/mol. The van der Waals surface area contributed by atoms with Crippen LogP contribution in [0, 0.1) is 0 Å². The Balaban J connectivity index is 0.00000225. The molecule has 0 aromatic heterocycles. The fourth-order valence-electron chi connectivity index (χ4n) is 2.09. The molecule has 0 radical (unpaired) electrons. The molecule has 0 heterocycles. The van der Waals surface area contributed by atoms with Crippen molar-refractivity contribution in [3.8, 4) is 0 Å². The van der Waals surface area contributed by atoms with Crippen LogP contribution in [0.15, 0.2) is 0 Å². The molecule has 0 saturated heterocycles. The lowest BCUT2D eigenvalue weighted by Gasteiger charge is -2.16. The number of carbonyl (C=O) groups excluding carboxylic acids is 1. The molecule has 1 fully saturated rings. The molecule has 0 spiro atoms. The number of rotatable bonds is 5. The molecular formula is C12H25ClN2O. The van der Waals surface area contributed by atoms with E-state index in [0.717, 1.165) is 13.1 Å². The molecule has 2 N–H and O–H groups in total. The van der Waals surface area contributed by atoms with Crippen LogP contribution < -0.4 is 10.6 Å². The summed E-state index contributed by atoms with van der Waals surface area (Å²) in [5.41, 5.74) is 0. The summed E-state index contributed by atoms with van der Waals surface area (Å²) < 4.78 is 0. The highest BCUT2D eigenvalue weighted by atomic mass is 35.5. The van der Waals surface area contributed by atoms with E-state index in [2.05, 4.69) is 10.6 Å². The largest absolute Gasteiger partial charge is 0.355 e. The van der Waals surface area contributed by atoms with Crippen LogP contribution in [-0.4, -0.2) is 25.0 Å². The first-order valence-electron chi connectivity index (χ1n) is 6.33. The van der Waals surface area contributed by atoms with Crippen LogP contribution in [0.2, 0.25) is 0 Å². The van der Waals surface area contributed by atoms with Gasteiger partial charge in [0.25, 0.3) is 0 Å². The number of halogens is 1. The molecule has 1 amide bonds. The Bertz CT molecular complexity index is 180. The van der Waals surface area contributed by atoms with E-state index in [9.17, 15) is 4.79 Å². The maximum atomic E-state index is 11.0. The highest BCUT2D eigenvalue weighted by Gasteiger charge is 2.10. The van der Waals surface area contributed by atoms with Gasteiger partial charge in [0.05, 0.1) is 0 Å². The molecule has 1 aliphatic carbocycles. The van der Waals surface area contributed by atoms with Gasteiger partial charge in [-0.25, -0.2) is 0 Å². The van der Waals surface area contributed by atoms with Gasteiger partial charge in [-0.15, -0.1) is 12.4 Å². The minimum absolute atomic E-state index is 0. The van der Waals surface area contributed by atoms with Crippen molar-refractivity contribution in [2.24, 2.45) is 0 Å². The minimum Gasteiger partial charge on any atom is -0.355 e. The summed E-state index contributed by atoms with van der Waals surface area (Å²) in [6, 6.07) is 0.686. The molecule has 0 atom stereocenters. The fourth-order valence-corrected chi connectivity index (χ4v) is 2.09. The number of amides is 1. The van der Waals surface area contributed by atoms with Crippen LogP contribution in [0.5, 0.6) is 0 Å². The summed E-state index contributed by atoms with van der Waals surface area (Å²) in [5.74, 6) is 0.151. The van der Waals surface area contributed by atoms with Gasteiger partial charge in [0.15, 0.2) is 0 Å². The Morgan fingerprint density at radius 2 is 1.75 bits per heavy atom. The Hall–Kier alpha value is -0.280. The standard InChI is InChI=1S/C12H24N2O.ClH/c1-2-12(15)14-10-9-13-11-7-5-3-4-6-8-11;/h11,13H,2-10H2,1H3,(H,14,15);1H. The number of nitrogens with one attached hydrogen (secondary N) is 2. The Morgan fingerprint density at radius 1 is 1.12 bits per heavy atom. The van der Waals surface area contributed by atoms with Crippen LogP contribution >= 0.6 is 12.4 Å². The Morgan fingerprint density at radius 3 is 2.31 bits per heavy atom. The first kappa shape index (κ1) is 15.7. The van der Waals surface area contributed by atoms with E-state index >= 15 is 0 Å². The van der Waals surface area contributed by atoms with Gasteiger partial charge in [-0.2, -0.15) is 0 Å². The summed E-state index contributed by atoms with van der Waals surface area (Å²) >= 11 is 0. The van der Waals surface area contributed by atoms with Gasteiger partial charge in [0, 0.05) is 25.6 Å². The number of hydrogen-bond acceptors (Lipinski definition) is 2. The van der Waals surface area contributed by atoms with E-state index in [1.807, 2.05) is 6.92 Å². The van der Waals surface area contributed by atoms with Crippen molar-refractivity contribution in [3.05, 3.63) is 0 Å². The zero-order valence-corrected chi connectivity index (χ0v) is 11.1. The van der Waals surface area contributed by atoms with Gasteiger partial charge < -0.3 is 10.6 Å². The van der Waals surface area contributed by atoms with Crippen LogP contribution in [0.1, 0.15) is 51.9 Å². The van der Waals surface area contributed by atoms with E-state index in [4.69, 9.17) is 0 Å². The number of carbonyl (C=O) groups is 1. The molecule has 1 aliphatic rings. The summed E-state index contributed by atoms with van der Waals surface area (Å²) in [7, 11) is 0. The van der Waals surface area contributed by atoms with E-state index in [-0.39, 0.29) is 18.3 Å². The molecule has 4 heteroatoms. The molecule has 0 unspecified atom stereocenters. The first-order chi connectivity index (χ1) is 7.33. The summed E-state index contributed by atoms with van der Waals surface area (Å²) in [4.78, 5) is 11.0. The van der Waals surface area contributed by atoms with Crippen LogP contribution in [0.3, 0.4) is 0 Å². The third-order valence-electron chi connectivity index (χ3n) is 3.06. The van der Waals surface area contributed by atoms with Gasteiger partial charge in [-0.05, 0) is 12.8 Å². The smallest absolute Gasteiger partial charge is 0.219 e. The molecule has 0 aromatic carbocycles. The second-order valence-electron chi connectivity index (χ2n) is 4.35. The molecule has 16 heavy (non-hydrogen) atoms. The molecule has 0 aromatic rings. The lowest BCUT2D eigenvalue weighted by molar-refractivity contribution is -0.120. The maximum absolute atomic E-state index is 11.0. The second kappa shape index (κ2) is 9.91. The third-order valence-corrected chi connectivity index (χ3v) is 3.06. The highest BCUT2D eigenvalue weighted by Crippen LogP contribution is 2.16. The lowest BCUT2D eigenvalue weighted by Crippen LogP contribution is -2.36. The molecule has 96 valence electrons. The van der Waals surface area contributed by atoms with Crippen molar-refractivity contribution >= 4 is 18.3 Å². The predicted octanol–water partition coefficient (Wildman–Crippen LogP) is 2.25. The molecule has 3 nitrogen and oxygen atoms in total. The lowest BCUT2D eigenvalue weighted by atomic mass is 10.1. The topological polar surface area (TPSA) is 41.1 Å². The normalized spacial score (nSPS) is 17.3. The molecule has 0 bridgehead atoms. The zero-order chi connectivity index (χ0) is 10.9. The van der Waals surface area contributed by atoms with Crippen LogP contribution in [0.4, 0.5) is 0 Å². The summed E-state index contributed by atoms with van der Waals surface area (Å²) in [6.07, 6.45) is 8.71. The van der Waals surface area contributed by atoms with E-state index in [1.165, 1.54) is 38.5 Å². The Kier molecular flexibility index (Phi) is 9.74. The van der Waals surface area contributed by atoms with Crippen molar-refractivity contribution in [2.75, 3.05) is 13.1 Å². The van der Waals surface area contributed by atoms with Gasteiger partial charge in [-0.3, -0.25) is 4.79 Å². The van der Waals surface area contributed by atoms with Gasteiger partial charge in [-0.1, -0.05) is 32.6 Å². The summed E-state index contributed by atoms with van der Waals surface area (Å²) in [6.45, 7) is 3.56. The zero-order valence-electron chi connectivity index (χ0n) is 10.3. The van der Waals surface area contributed by atoms with Gasteiger partial charge in [0.1, 0.15) is 0 Å². The van der Waals surface area contributed by atoms with Crippen LogP contribution in [-0.2, 0) is 4.79 Å². The first-order valence-corrected chi connectivity index (χ1v) is 6.33. The second-order valence-corrected chi connectivity index (χ2v) is 4.35. The SMILES string of the molecule is CCC(=O)NCCNC1CCCCCC1.Cl. The van der Waals surface area contributed by atoms with Crippen molar-refractivity contribution in [3.63, 3.8) is 0 Å². The van der Waals surface area contributed by atoms with E-state index < -0.39 is 0 Å². The third kappa shape index (κ3) is 7.07. The molecular weight excluding hydrogens is 224 g/mol.